The molecule has 2 heterocycles. The number of aryl methyl sites for hydroxylation is 2. The molecule has 1 aromatic rings. The Bertz CT molecular complexity index is 570. The highest BCUT2D eigenvalue weighted by Crippen LogP contribution is 2.43. The Morgan fingerprint density at radius 3 is 2.62 bits per heavy atom. The summed E-state index contributed by atoms with van der Waals surface area (Å²) in [6.45, 7) is 7.92. The highest BCUT2D eigenvalue weighted by Gasteiger charge is 2.48. The van der Waals surface area contributed by atoms with E-state index in [0.29, 0.717) is 12.5 Å². The zero-order chi connectivity index (χ0) is 17.3. The molecule has 5 nitrogen and oxygen atoms in total. The maximum atomic E-state index is 13.2. The summed E-state index contributed by atoms with van der Waals surface area (Å²) >= 11 is 0. The van der Waals surface area contributed by atoms with Gasteiger partial charge in [0.2, 0.25) is 5.91 Å². The van der Waals surface area contributed by atoms with Gasteiger partial charge >= 0.3 is 0 Å². The van der Waals surface area contributed by atoms with Crippen molar-refractivity contribution in [2.24, 2.45) is 0 Å². The molecule has 0 bridgehead atoms. The normalized spacial score (nSPS) is 23.4. The van der Waals surface area contributed by atoms with Crippen molar-refractivity contribution in [3.8, 4) is 0 Å². The second-order valence-corrected chi connectivity index (χ2v) is 7.70. The van der Waals surface area contributed by atoms with Gasteiger partial charge in [-0.15, -0.1) is 0 Å². The summed E-state index contributed by atoms with van der Waals surface area (Å²) in [6, 6.07) is 0.488. The fourth-order valence-corrected chi connectivity index (χ4v) is 4.62. The maximum absolute atomic E-state index is 13.2. The molecule has 0 unspecified atom stereocenters. The molecule has 0 aromatic carbocycles. The summed E-state index contributed by atoms with van der Waals surface area (Å²) in [6.07, 6.45) is 7.68. The van der Waals surface area contributed by atoms with Gasteiger partial charge in [0.15, 0.2) is 0 Å². The molecule has 2 aliphatic rings. The summed E-state index contributed by atoms with van der Waals surface area (Å²) < 4.78 is 5.24. The summed E-state index contributed by atoms with van der Waals surface area (Å²) in [5, 5.41) is 4.00. The van der Waals surface area contributed by atoms with Gasteiger partial charge in [-0.05, 0) is 46.7 Å². The monoisotopic (exact) mass is 333 g/mol. The number of nitrogens with zero attached hydrogens (tertiary/aromatic N) is 3. The average molecular weight is 333 g/mol. The molecule has 1 aromatic heterocycles. The number of carbonyl (C=O) groups is 1. The lowest BCUT2D eigenvalue weighted by molar-refractivity contribution is -0.135. The molecule has 1 aliphatic carbocycles. The van der Waals surface area contributed by atoms with Gasteiger partial charge in [0.1, 0.15) is 5.76 Å². The maximum Gasteiger partial charge on any atom is 0.227 e. The highest BCUT2D eigenvalue weighted by molar-refractivity contribution is 5.80. The van der Waals surface area contributed by atoms with Gasteiger partial charge in [-0.1, -0.05) is 31.3 Å². The van der Waals surface area contributed by atoms with Gasteiger partial charge < -0.3 is 14.3 Å². The van der Waals surface area contributed by atoms with Gasteiger partial charge in [0.05, 0.1) is 12.1 Å². The molecule has 1 aliphatic heterocycles. The fourth-order valence-electron chi connectivity index (χ4n) is 4.62. The largest absolute Gasteiger partial charge is 0.361 e. The number of likely N-dealkylation sites (tertiary alicyclic amines) is 1. The van der Waals surface area contributed by atoms with Crippen molar-refractivity contribution >= 4 is 5.91 Å². The first-order valence-electron chi connectivity index (χ1n) is 9.39. The van der Waals surface area contributed by atoms with Crippen molar-refractivity contribution in [3.63, 3.8) is 0 Å². The van der Waals surface area contributed by atoms with E-state index in [0.717, 1.165) is 49.4 Å². The Labute approximate surface area is 145 Å². The minimum Gasteiger partial charge on any atom is -0.361 e. The number of hydrogen-bond acceptors (Lipinski definition) is 4. The van der Waals surface area contributed by atoms with Crippen molar-refractivity contribution in [3.05, 3.63) is 17.0 Å². The van der Waals surface area contributed by atoms with Gasteiger partial charge in [-0.25, -0.2) is 0 Å². The van der Waals surface area contributed by atoms with Gasteiger partial charge in [-0.2, -0.15) is 0 Å². The molecule has 0 radical (unpaired) electrons. The zero-order valence-corrected chi connectivity index (χ0v) is 15.6. The minimum absolute atomic E-state index is 0.0857. The van der Waals surface area contributed by atoms with Crippen LogP contribution < -0.4 is 0 Å². The Balaban J connectivity index is 1.81. The van der Waals surface area contributed by atoms with Crippen LogP contribution in [0.2, 0.25) is 0 Å². The molecule has 1 saturated heterocycles. The molecule has 1 atom stereocenters. The van der Waals surface area contributed by atoms with Crippen LogP contribution in [0, 0.1) is 13.8 Å². The number of carbonyl (C=O) groups excluding carboxylic acids is 1. The van der Waals surface area contributed by atoms with Crippen LogP contribution in [-0.4, -0.2) is 52.6 Å². The predicted octanol–water partition coefficient (Wildman–Crippen LogP) is 3.09. The van der Waals surface area contributed by atoms with Crippen molar-refractivity contribution < 1.29 is 9.32 Å². The first-order chi connectivity index (χ1) is 11.5. The number of amides is 1. The van der Waals surface area contributed by atoms with E-state index < -0.39 is 0 Å². The third kappa shape index (κ3) is 3.10. The minimum atomic E-state index is 0.0857. The molecular formula is C19H31N3O2. The van der Waals surface area contributed by atoms with Crippen molar-refractivity contribution in [1.29, 1.82) is 0 Å². The van der Waals surface area contributed by atoms with Crippen LogP contribution in [0.25, 0.3) is 0 Å². The summed E-state index contributed by atoms with van der Waals surface area (Å²) in [4.78, 5) is 17.8. The standard InChI is InChI=1S/C19H31N3O2/c1-5-21(4)16-12-19(9-7-6-8-10-19)22(13-16)18(23)11-17-14(2)20-24-15(17)3/h16H,5-13H2,1-4H3/t16-/m1/s1. The average Bonchev–Trinajstić information content (AvgIpc) is 3.10. The second-order valence-electron chi connectivity index (χ2n) is 7.70. The Kier molecular flexibility index (Phi) is 5.00. The smallest absolute Gasteiger partial charge is 0.227 e. The molecule has 134 valence electrons. The molecular weight excluding hydrogens is 302 g/mol. The van der Waals surface area contributed by atoms with E-state index in [2.05, 4.69) is 28.9 Å². The van der Waals surface area contributed by atoms with E-state index in [1.54, 1.807) is 0 Å². The van der Waals surface area contributed by atoms with Gasteiger partial charge in [0.25, 0.3) is 0 Å². The molecule has 5 heteroatoms. The van der Waals surface area contributed by atoms with Crippen molar-refractivity contribution in [2.75, 3.05) is 20.1 Å². The molecule has 1 spiro atoms. The van der Waals surface area contributed by atoms with E-state index in [-0.39, 0.29) is 11.4 Å². The molecule has 2 fully saturated rings. The molecule has 1 amide bonds. The quantitative estimate of drug-likeness (QED) is 0.849. The first-order valence-corrected chi connectivity index (χ1v) is 9.39. The summed E-state index contributed by atoms with van der Waals surface area (Å²) in [7, 11) is 2.18. The Morgan fingerprint density at radius 1 is 1.33 bits per heavy atom. The van der Waals surface area contributed by atoms with Crippen molar-refractivity contribution in [2.45, 2.75) is 77.3 Å². The third-order valence-corrected chi connectivity index (χ3v) is 6.30. The molecule has 0 N–H and O–H groups in total. The lowest BCUT2D eigenvalue weighted by atomic mass is 9.79. The van der Waals surface area contributed by atoms with Crippen LogP contribution in [0.15, 0.2) is 4.52 Å². The summed E-state index contributed by atoms with van der Waals surface area (Å²) in [5.41, 5.74) is 1.90. The van der Waals surface area contributed by atoms with E-state index in [4.69, 9.17) is 4.52 Å². The highest BCUT2D eigenvalue weighted by atomic mass is 16.5. The lowest BCUT2D eigenvalue weighted by Crippen LogP contribution is -2.49. The predicted molar refractivity (Wildman–Crippen MR) is 93.9 cm³/mol. The number of rotatable bonds is 4. The van der Waals surface area contributed by atoms with Crippen LogP contribution >= 0.6 is 0 Å². The number of aromatic nitrogens is 1. The van der Waals surface area contributed by atoms with Crippen LogP contribution in [-0.2, 0) is 11.2 Å². The number of hydrogen-bond donors (Lipinski definition) is 0. The Hall–Kier alpha value is -1.36. The van der Waals surface area contributed by atoms with Gasteiger partial charge in [-0.3, -0.25) is 4.79 Å². The molecule has 1 saturated carbocycles. The van der Waals surface area contributed by atoms with Crippen LogP contribution in [0.5, 0.6) is 0 Å². The summed E-state index contributed by atoms with van der Waals surface area (Å²) in [5.74, 6) is 1.03. The number of likely N-dealkylation sites (N-methyl/N-ethyl adjacent to an activating group) is 1. The van der Waals surface area contributed by atoms with Gasteiger partial charge in [0, 0.05) is 23.7 Å². The molecule has 3 rings (SSSR count). The van der Waals surface area contributed by atoms with Crippen molar-refractivity contribution in [1.82, 2.24) is 15.0 Å². The lowest BCUT2D eigenvalue weighted by Gasteiger charge is -2.41. The van der Waals surface area contributed by atoms with E-state index in [1.807, 2.05) is 13.8 Å². The zero-order valence-electron chi connectivity index (χ0n) is 15.6. The third-order valence-electron chi connectivity index (χ3n) is 6.30. The van der Waals surface area contributed by atoms with Crippen LogP contribution in [0.3, 0.4) is 0 Å². The fraction of sp³-hybridized carbons (Fsp3) is 0.789. The van der Waals surface area contributed by atoms with E-state index >= 15 is 0 Å². The van der Waals surface area contributed by atoms with E-state index in [9.17, 15) is 4.79 Å². The topological polar surface area (TPSA) is 49.6 Å². The van der Waals surface area contributed by atoms with E-state index in [1.165, 1.54) is 19.3 Å². The molecule has 24 heavy (non-hydrogen) atoms. The van der Waals surface area contributed by atoms with Crippen LogP contribution in [0.1, 0.15) is 62.5 Å². The Morgan fingerprint density at radius 2 is 2.04 bits per heavy atom. The SMILES string of the molecule is CCN(C)[C@H]1CN(C(=O)Cc2c(C)noc2C)C2(CCCCC2)C1. The second kappa shape index (κ2) is 6.87. The van der Waals surface area contributed by atoms with Crippen LogP contribution in [0.4, 0.5) is 0 Å². The first kappa shape index (κ1) is 17.5.